The van der Waals surface area contributed by atoms with E-state index in [1.54, 1.807) is 18.2 Å². The number of fused-ring (bicyclic) bond motifs is 1. The fourth-order valence-corrected chi connectivity index (χ4v) is 1.96. The summed E-state index contributed by atoms with van der Waals surface area (Å²) >= 11 is 0. The van der Waals surface area contributed by atoms with Crippen LogP contribution in [0.25, 0.3) is 22.6 Å². The van der Waals surface area contributed by atoms with Crippen LogP contribution in [0.1, 0.15) is 5.56 Å². The number of oxazole rings is 1. The highest BCUT2D eigenvalue weighted by atomic mass is 16.4. The van der Waals surface area contributed by atoms with E-state index in [1.807, 2.05) is 30.3 Å². The molecule has 0 unspecified atom stereocenters. The summed E-state index contributed by atoms with van der Waals surface area (Å²) in [5, 5.41) is 8.78. The molecule has 1 N–H and O–H groups in total. The van der Waals surface area contributed by atoms with Gasteiger partial charge in [0.25, 0.3) is 0 Å². The van der Waals surface area contributed by atoms with E-state index in [4.69, 9.17) is 9.52 Å². The van der Waals surface area contributed by atoms with Crippen molar-refractivity contribution in [2.75, 3.05) is 0 Å². The second kappa shape index (κ2) is 4.57. The topological polar surface area (TPSA) is 63.3 Å². The fourth-order valence-electron chi connectivity index (χ4n) is 1.96. The molecule has 0 saturated carbocycles. The summed E-state index contributed by atoms with van der Waals surface area (Å²) in [4.78, 5) is 15.1. The number of carboxylic acids is 1. The quantitative estimate of drug-likeness (QED) is 0.778. The van der Waals surface area contributed by atoms with Gasteiger partial charge in [-0.05, 0) is 29.8 Å². The molecular formula is C15H11NO3. The van der Waals surface area contributed by atoms with Crippen LogP contribution in [0.4, 0.5) is 0 Å². The van der Waals surface area contributed by atoms with E-state index in [-0.39, 0.29) is 6.42 Å². The van der Waals surface area contributed by atoms with Crippen molar-refractivity contribution in [1.29, 1.82) is 0 Å². The van der Waals surface area contributed by atoms with Crippen LogP contribution in [0.2, 0.25) is 0 Å². The van der Waals surface area contributed by atoms with Crippen LogP contribution < -0.4 is 0 Å². The minimum Gasteiger partial charge on any atom is -0.481 e. The molecule has 0 aliphatic rings. The lowest BCUT2D eigenvalue weighted by atomic mass is 10.1. The predicted molar refractivity (Wildman–Crippen MR) is 70.8 cm³/mol. The molecule has 0 bridgehead atoms. The van der Waals surface area contributed by atoms with Crippen molar-refractivity contribution in [2.24, 2.45) is 0 Å². The maximum Gasteiger partial charge on any atom is 0.307 e. The van der Waals surface area contributed by atoms with Crippen molar-refractivity contribution in [1.82, 2.24) is 4.98 Å². The minimum absolute atomic E-state index is 0.0104. The van der Waals surface area contributed by atoms with Crippen LogP contribution in [0.3, 0.4) is 0 Å². The van der Waals surface area contributed by atoms with Crippen LogP contribution in [-0.4, -0.2) is 16.1 Å². The minimum atomic E-state index is -0.855. The summed E-state index contributed by atoms with van der Waals surface area (Å²) in [6.45, 7) is 0. The van der Waals surface area contributed by atoms with Crippen molar-refractivity contribution in [3.05, 3.63) is 54.1 Å². The number of carboxylic acid groups (broad SMARTS) is 1. The highest BCUT2D eigenvalue weighted by Crippen LogP contribution is 2.24. The predicted octanol–water partition coefficient (Wildman–Crippen LogP) is 3.12. The molecule has 4 heteroatoms. The Morgan fingerprint density at radius 1 is 1.16 bits per heavy atom. The molecule has 2 aromatic carbocycles. The fraction of sp³-hybridized carbons (Fsp3) is 0.0667. The average Bonchev–Trinajstić information content (AvgIpc) is 2.82. The van der Waals surface area contributed by atoms with Crippen molar-refractivity contribution in [3.8, 4) is 11.5 Å². The van der Waals surface area contributed by atoms with E-state index >= 15 is 0 Å². The third kappa shape index (κ3) is 2.33. The SMILES string of the molecule is O=C(O)Cc1ccc2oc(-c3ccccc3)nc2c1. The van der Waals surface area contributed by atoms with Gasteiger partial charge in [0, 0.05) is 5.56 Å². The highest BCUT2D eigenvalue weighted by molar-refractivity contribution is 5.79. The lowest BCUT2D eigenvalue weighted by molar-refractivity contribution is -0.136. The Morgan fingerprint density at radius 3 is 2.68 bits per heavy atom. The summed E-state index contributed by atoms with van der Waals surface area (Å²) in [6, 6.07) is 14.9. The molecule has 0 radical (unpaired) electrons. The molecule has 0 fully saturated rings. The average molecular weight is 253 g/mol. The molecule has 0 aliphatic carbocycles. The Morgan fingerprint density at radius 2 is 1.95 bits per heavy atom. The monoisotopic (exact) mass is 253 g/mol. The largest absolute Gasteiger partial charge is 0.481 e. The van der Waals surface area contributed by atoms with E-state index in [1.165, 1.54) is 0 Å². The molecule has 1 aromatic heterocycles. The lowest BCUT2D eigenvalue weighted by Crippen LogP contribution is -1.99. The number of rotatable bonds is 3. The van der Waals surface area contributed by atoms with Crippen LogP contribution in [0, 0.1) is 0 Å². The summed E-state index contributed by atoms with van der Waals surface area (Å²) in [5.41, 5.74) is 2.96. The van der Waals surface area contributed by atoms with Crippen LogP contribution in [0.5, 0.6) is 0 Å². The number of aliphatic carboxylic acids is 1. The van der Waals surface area contributed by atoms with Crippen molar-refractivity contribution < 1.29 is 14.3 Å². The zero-order chi connectivity index (χ0) is 13.2. The van der Waals surface area contributed by atoms with E-state index in [2.05, 4.69) is 4.98 Å². The van der Waals surface area contributed by atoms with Gasteiger partial charge in [0.05, 0.1) is 6.42 Å². The Balaban J connectivity index is 2.04. The summed E-state index contributed by atoms with van der Waals surface area (Å²) < 4.78 is 5.66. The first kappa shape index (κ1) is 11.5. The van der Waals surface area contributed by atoms with Crippen LogP contribution in [-0.2, 0) is 11.2 Å². The maximum absolute atomic E-state index is 10.7. The molecule has 0 aliphatic heterocycles. The molecule has 0 spiro atoms. The molecule has 19 heavy (non-hydrogen) atoms. The van der Waals surface area contributed by atoms with Gasteiger partial charge in [-0.2, -0.15) is 0 Å². The van der Waals surface area contributed by atoms with Crippen LogP contribution in [0.15, 0.2) is 52.9 Å². The molecule has 3 aromatic rings. The number of hydrogen-bond acceptors (Lipinski definition) is 3. The highest BCUT2D eigenvalue weighted by Gasteiger charge is 2.09. The number of nitrogens with zero attached hydrogens (tertiary/aromatic N) is 1. The zero-order valence-corrected chi connectivity index (χ0v) is 10.0. The molecular weight excluding hydrogens is 242 g/mol. The summed E-state index contributed by atoms with van der Waals surface area (Å²) in [6.07, 6.45) is -0.0104. The van der Waals surface area contributed by atoms with Gasteiger partial charge in [0.15, 0.2) is 5.58 Å². The van der Waals surface area contributed by atoms with Gasteiger partial charge >= 0.3 is 5.97 Å². The Bertz CT molecular complexity index is 731. The summed E-state index contributed by atoms with van der Waals surface area (Å²) in [5.74, 6) is -0.311. The van der Waals surface area contributed by atoms with E-state index in [9.17, 15) is 4.79 Å². The Labute approximate surface area is 109 Å². The molecule has 0 atom stereocenters. The van der Waals surface area contributed by atoms with Gasteiger partial charge in [-0.3, -0.25) is 4.79 Å². The number of hydrogen-bond donors (Lipinski definition) is 1. The number of carbonyl (C=O) groups is 1. The van der Waals surface area contributed by atoms with Gasteiger partial charge in [-0.15, -0.1) is 0 Å². The number of benzene rings is 2. The number of aromatic nitrogens is 1. The van der Waals surface area contributed by atoms with Gasteiger partial charge in [-0.1, -0.05) is 24.3 Å². The Kier molecular flexibility index (Phi) is 2.76. The molecule has 94 valence electrons. The normalized spacial score (nSPS) is 10.7. The first-order valence-corrected chi connectivity index (χ1v) is 5.89. The lowest BCUT2D eigenvalue weighted by Gasteiger charge is -1.94. The van der Waals surface area contributed by atoms with Gasteiger partial charge in [-0.25, -0.2) is 4.98 Å². The van der Waals surface area contributed by atoms with Gasteiger partial charge < -0.3 is 9.52 Å². The van der Waals surface area contributed by atoms with Crippen molar-refractivity contribution in [3.63, 3.8) is 0 Å². The van der Waals surface area contributed by atoms with Crippen molar-refractivity contribution >= 4 is 17.1 Å². The van der Waals surface area contributed by atoms with E-state index in [0.29, 0.717) is 22.6 Å². The molecule has 0 amide bonds. The van der Waals surface area contributed by atoms with E-state index in [0.717, 1.165) is 5.56 Å². The maximum atomic E-state index is 10.7. The summed E-state index contributed by atoms with van der Waals surface area (Å²) in [7, 11) is 0. The van der Waals surface area contributed by atoms with Gasteiger partial charge in [0.1, 0.15) is 5.52 Å². The third-order valence-corrected chi connectivity index (χ3v) is 2.83. The Hall–Kier alpha value is -2.62. The first-order valence-electron chi connectivity index (χ1n) is 5.89. The first-order chi connectivity index (χ1) is 9.22. The molecule has 3 rings (SSSR count). The van der Waals surface area contributed by atoms with Crippen LogP contribution >= 0.6 is 0 Å². The molecule has 4 nitrogen and oxygen atoms in total. The van der Waals surface area contributed by atoms with Crippen molar-refractivity contribution in [2.45, 2.75) is 6.42 Å². The van der Waals surface area contributed by atoms with Gasteiger partial charge in [0.2, 0.25) is 5.89 Å². The second-order valence-corrected chi connectivity index (χ2v) is 4.26. The standard InChI is InChI=1S/C15H11NO3/c17-14(18)9-10-6-7-13-12(8-10)16-15(19-13)11-4-2-1-3-5-11/h1-8H,9H2,(H,17,18). The van der Waals surface area contributed by atoms with E-state index < -0.39 is 5.97 Å². The molecule has 1 heterocycles. The molecule has 0 saturated heterocycles. The smallest absolute Gasteiger partial charge is 0.307 e. The second-order valence-electron chi connectivity index (χ2n) is 4.26. The third-order valence-electron chi connectivity index (χ3n) is 2.83. The zero-order valence-electron chi connectivity index (χ0n) is 10.0.